The van der Waals surface area contributed by atoms with Gasteiger partial charge in [-0.3, -0.25) is 0 Å². The number of carbonyl (C=O) groups is 1. The van der Waals surface area contributed by atoms with Gasteiger partial charge >= 0.3 is 5.97 Å². The van der Waals surface area contributed by atoms with Gasteiger partial charge in [0.05, 0.1) is 10.5 Å². The van der Waals surface area contributed by atoms with Crippen molar-refractivity contribution >= 4 is 16.0 Å². The summed E-state index contributed by atoms with van der Waals surface area (Å²) >= 11 is 0. The van der Waals surface area contributed by atoms with Crippen LogP contribution in [0.5, 0.6) is 0 Å². The van der Waals surface area contributed by atoms with Gasteiger partial charge < -0.3 is 10.0 Å². The van der Waals surface area contributed by atoms with Crippen LogP contribution in [0.2, 0.25) is 0 Å². The number of hydrogen-bond acceptors (Lipinski definition) is 4. The predicted octanol–water partition coefficient (Wildman–Crippen LogP) is 2.27. The van der Waals surface area contributed by atoms with E-state index in [9.17, 15) is 13.2 Å². The maximum absolute atomic E-state index is 12.7. The molecule has 1 aromatic rings. The maximum atomic E-state index is 12.7. The fraction of sp³-hybridized carbons (Fsp3) is 0.588. The molecule has 1 saturated heterocycles. The van der Waals surface area contributed by atoms with Gasteiger partial charge in [0.15, 0.2) is 0 Å². The molecule has 7 heteroatoms. The molecule has 0 spiro atoms. The smallest absolute Gasteiger partial charge is 0.335 e. The molecule has 1 aliphatic rings. The van der Waals surface area contributed by atoms with Gasteiger partial charge in [0.1, 0.15) is 0 Å². The van der Waals surface area contributed by atoms with Crippen LogP contribution in [-0.2, 0) is 10.0 Å². The van der Waals surface area contributed by atoms with Crippen LogP contribution in [0, 0.1) is 0 Å². The third kappa shape index (κ3) is 4.78. The Kier molecular flexibility index (Phi) is 6.37. The van der Waals surface area contributed by atoms with E-state index in [-0.39, 0.29) is 16.4 Å². The first kappa shape index (κ1) is 18.9. The number of rotatable bonds is 7. The zero-order valence-electron chi connectivity index (χ0n) is 14.3. The second-order valence-electron chi connectivity index (χ2n) is 6.51. The summed E-state index contributed by atoms with van der Waals surface area (Å²) in [6.07, 6.45) is 3.55. The fourth-order valence-corrected chi connectivity index (χ4v) is 4.39. The van der Waals surface area contributed by atoms with Crippen molar-refractivity contribution in [2.75, 3.05) is 26.2 Å². The Bertz CT molecular complexity index is 680. The molecule has 0 radical (unpaired) electrons. The Hall–Kier alpha value is -1.44. The lowest BCUT2D eigenvalue weighted by Crippen LogP contribution is -2.37. The Balaban J connectivity index is 2.14. The molecule has 0 unspecified atom stereocenters. The lowest BCUT2D eigenvalue weighted by molar-refractivity contribution is 0.0696. The quantitative estimate of drug-likeness (QED) is 0.784. The number of sulfonamides is 1. The summed E-state index contributed by atoms with van der Waals surface area (Å²) in [5.41, 5.74) is 0.612. The average molecular weight is 354 g/mol. The first-order valence-corrected chi connectivity index (χ1v) is 9.89. The van der Waals surface area contributed by atoms with E-state index in [1.54, 1.807) is 6.07 Å². The normalized spacial score (nSPS) is 16.5. The van der Waals surface area contributed by atoms with Crippen molar-refractivity contribution in [1.82, 2.24) is 9.62 Å². The SMILES string of the molecule is CC(C)c1ccc(C(=O)O)cc1S(=O)(=O)NCCN1CCCCC1. The van der Waals surface area contributed by atoms with Gasteiger partial charge in [-0.05, 0) is 49.5 Å². The summed E-state index contributed by atoms with van der Waals surface area (Å²) in [4.78, 5) is 13.5. The molecule has 0 bridgehead atoms. The van der Waals surface area contributed by atoms with Gasteiger partial charge in [-0.1, -0.05) is 26.3 Å². The Morgan fingerprint density at radius 1 is 1.25 bits per heavy atom. The van der Waals surface area contributed by atoms with Crippen molar-refractivity contribution in [2.24, 2.45) is 0 Å². The van der Waals surface area contributed by atoms with Gasteiger partial charge in [0.2, 0.25) is 10.0 Å². The molecule has 1 heterocycles. The third-order valence-corrected chi connectivity index (χ3v) is 5.86. The number of benzene rings is 1. The highest BCUT2D eigenvalue weighted by molar-refractivity contribution is 7.89. The van der Waals surface area contributed by atoms with Crippen molar-refractivity contribution in [2.45, 2.75) is 43.9 Å². The van der Waals surface area contributed by atoms with Crippen molar-refractivity contribution in [3.63, 3.8) is 0 Å². The number of hydrogen-bond donors (Lipinski definition) is 2. The largest absolute Gasteiger partial charge is 0.478 e. The zero-order valence-corrected chi connectivity index (χ0v) is 15.1. The lowest BCUT2D eigenvalue weighted by atomic mass is 10.0. The minimum Gasteiger partial charge on any atom is -0.478 e. The molecule has 1 fully saturated rings. The van der Waals surface area contributed by atoms with Gasteiger partial charge in [-0.2, -0.15) is 0 Å². The van der Waals surface area contributed by atoms with E-state index in [0.29, 0.717) is 18.7 Å². The second kappa shape index (κ2) is 8.09. The predicted molar refractivity (Wildman–Crippen MR) is 93.0 cm³/mol. The third-order valence-electron chi connectivity index (χ3n) is 4.34. The lowest BCUT2D eigenvalue weighted by Gasteiger charge is -2.26. The van der Waals surface area contributed by atoms with Gasteiger partial charge in [0, 0.05) is 13.1 Å². The molecule has 2 N–H and O–H groups in total. The molecule has 0 aliphatic carbocycles. The van der Waals surface area contributed by atoms with Gasteiger partial charge in [-0.15, -0.1) is 0 Å². The molecule has 1 aromatic carbocycles. The van der Waals surface area contributed by atoms with E-state index < -0.39 is 16.0 Å². The maximum Gasteiger partial charge on any atom is 0.335 e. The van der Waals surface area contributed by atoms with Crippen molar-refractivity contribution < 1.29 is 18.3 Å². The van der Waals surface area contributed by atoms with Crippen LogP contribution in [0.1, 0.15) is 54.9 Å². The summed E-state index contributed by atoms with van der Waals surface area (Å²) in [7, 11) is -3.73. The highest BCUT2D eigenvalue weighted by atomic mass is 32.2. The molecule has 0 saturated carbocycles. The van der Waals surface area contributed by atoms with Crippen LogP contribution in [0.25, 0.3) is 0 Å². The van der Waals surface area contributed by atoms with E-state index in [2.05, 4.69) is 9.62 Å². The molecule has 1 aliphatic heterocycles. The van der Waals surface area contributed by atoms with E-state index in [0.717, 1.165) is 25.9 Å². The molecule has 24 heavy (non-hydrogen) atoms. The Labute approximate surface area is 143 Å². The number of nitrogens with zero attached hydrogens (tertiary/aromatic N) is 1. The second-order valence-corrected chi connectivity index (χ2v) is 8.25. The number of nitrogens with one attached hydrogen (secondary N) is 1. The molecular weight excluding hydrogens is 328 g/mol. The van der Waals surface area contributed by atoms with E-state index in [1.165, 1.54) is 18.6 Å². The standard InChI is InChI=1S/C17H26N2O4S/c1-13(2)15-7-6-14(17(20)21)12-16(15)24(22,23)18-8-11-19-9-4-3-5-10-19/h6-7,12-13,18H,3-5,8-11H2,1-2H3,(H,20,21). The van der Waals surface area contributed by atoms with Crippen molar-refractivity contribution in [1.29, 1.82) is 0 Å². The van der Waals surface area contributed by atoms with E-state index in [4.69, 9.17) is 5.11 Å². The highest BCUT2D eigenvalue weighted by Crippen LogP contribution is 2.25. The molecule has 2 rings (SSSR count). The molecule has 134 valence electrons. The Morgan fingerprint density at radius 3 is 2.50 bits per heavy atom. The summed E-state index contributed by atoms with van der Waals surface area (Å²) in [6.45, 7) is 6.80. The topological polar surface area (TPSA) is 86.7 Å². The average Bonchev–Trinajstić information content (AvgIpc) is 2.55. The van der Waals surface area contributed by atoms with Gasteiger partial charge in [0.25, 0.3) is 0 Å². The van der Waals surface area contributed by atoms with Crippen molar-refractivity contribution in [3.8, 4) is 0 Å². The van der Waals surface area contributed by atoms with E-state index >= 15 is 0 Å². The summed E-state index contributed by atoms with van der Waals surface area (Å²) in [5, 5.41) is 9.13. The molecule has 0 amide bonds. The highest BCUT2D eigenvalue weighted by Gasteiger charge is 2.22. The number of aromatic carboxylic acids is 1. The molecule has 0 aromatic heterocycles. The van der Waals surface area contributed by atoms with Crippen LogP contribution in [-0.4, -0.2) is 50.6 Å². The van der Waals surface area contributed by atoms with Crippen LogP contribution in [0.15, 0.2) is 23.1 Å². The van der Waals surface area contributed by atoms with Crippen LogP contribution >= 0.6 is 0 Å². The zero-order chi connectivity index (χ0) is 17.7. The van der Waals surface area contributed by atoms with Crippen LogP contribution in [0.3, 0.4) is 0 Å². The number of carboxylic acids is 1. The van der Waals surface area contributed by atoms with Gasteiger partial charge in [-0.25, -0.2) is 17.9 Å². The minimum absolute atomic E-state index is 0.0125. The summed E-state index contributed by atoms with van der Waals surface area (Å²) < 4.78 is 27.9. The Morgan fingerprint density at radius 2 is 1.92 bits per heavy atom. The summed E-state index contributed by atoms with van der Waals surface area (Å²) in [6, 6.07) is 4.29. The number of likely N-dealkylation sites (tertiary alicyclic amines) is 1. The molecular formula is C17H26N2O4S. The monoisotopic (exact) mass is 354 g/mol. The van der Waals surface area contributed by atoms with E-state index in [1.807, 2.05) is 13.8 Å². The first-order valence-electron chi connectivity index (χ1n) is 8.40. The van der Waals surface area contributed by atoms with Crippen molar-refractivity contribution in [3.05, 3.63) is 29.3 Å². The first-order chi connectivity index (χ1) is 11.3. The molecule has 0 atom stereocenters. The number of piperidine rings is 1. The number of carboxylic acid groups (broad SMARTS) is 1. The van der Waals surface area contributed by atoms with Crippen LogP contribution in [0.4, 0.5) is 0 Å². The summed E-state index contributed by atoms with van der Waals surface area (Å²) in [5.74, 6) is -1.14. The van der Waals surface area contributed by atoms with Crippen LogP contribution < -0.4 is 4.72 Å². The molecule has 6 nitrogen and oxygen atoms in total. The minimum atomic E-state index is -3.73. The fourth-order valence-electron chi connectivity index (χ4n) is 2.98.